The first-order chi connectivity index (χ1) is 8.50. The number of allylic oxidation sites excluding steroid dienone is 2. The molecule has 1 aliphatic carbocycles. The molecule has 0 bridgehead atoms. The van der Waals surface area contributed by atoms with Gasteiger partial charge in [-0.2, -0.15) is 5.26 Å². The molecule has 1 aromatic rings. The Hall–Kier alpha value is -1.79. The van der Waals surface area contributed by atoms with Gasteiger partial charge in [-0.1, -0.05) is 26.0 Å². The summed E-state index contributed by atoms with van der Waals surface area (Å²) < 4.78 is 0. The van der Waals surface area contributed by atoms with E-state index in [0.29, 0.717) is 12.0 Å². The van der Waals surface area contributed by atoms with Crippen LogP contribution in [0.5, 0.6) is 0 Å². The summed E-state index contributed by atoms with van der Waals surface area (Å²) in [5.74, 6) is 0.142. The molecular weight excluding hydrogens is 260 g/mol. The molecule has 4 heteroatoms. The topological polar surface area (TPSA) is 52.9 Å². The number of benzene rings is 1. The van der Waals surface area contributed by atoms with Crippen molar-refractivity contribution < 1.29 is 4.79 Å². The maximum atomic E-state index is 11.7. The zero-order chi connectivity index (χ0) is 13.2. The SMILES string of the molecule is CC1(C)CC(=O)C=C(Nc2ccccc2C#N)C1.Cl. The van der Waals surface area contributed by atoms with E-state index in [2.05, 4.69) is 25.2 Å². The van der Waals surface area contributed by atoms with E-state index >= 15 is 0 Å². The number of para-hydroxylation sites is 1. The largest absolute Gasteiger partial charge is 0.358 e. The number of anilines is 1. The van der Waals surface area contributed by atoms with Crippen LogP contribution < -0.4 is 5.32 Å². The Morgan fingerprint density at radius 1 is 1.26 bits per heavy atom. The summed E-state index contributed by atoms with van der Waals surface area (Å²) in [6.45, 7) is 4.16. The van der Waals surface area contributed by atoms with Gasteiger partial charge in [0.25, 0.3) is 0 Å². The Morgan fingerprint density at radius 3 is 2.58 bits per heavy atom. The fourth-order valence-electron chi connectivity index (χ4n) is 2.29. The van der Waals surface area contributed by atoms with Gasteiger partial charge in [-0.25, -0.2) is 0 Å². The summed E-state index contributed by atoms with van der Waals surface area (Å²) in [5, 5.41) is 12.2. The van der Waals surface area contributed by atoms with Crippen molar-refractivity contribution in [3.8, 4) is 6.07 Å². The van der Waals surface area contributed by atoms with Crippen molar-refractivity contribution in [3.05, 3.63) is 41.6 Å². The molecule has 1 N–H and O–H groups in total. The minimum Gasteiger partial charge on any atom is -0.358 e. The number of nitrogens with one attached hydrogen (secondary N) is 1. The van der Waals surface area contributed by atoms with Crippen molar-refractivity contribution in [1.82, 2.24) is 0 Å². The molecule has 0 fully saturated rings. The average Bonchev–Trinajstić information content (AvgIpc) is 2.27. The van der Waals surface area contributed by atoms with Crippen LogP contribution in [0.25, 0.3) is 0 Å². The van der Waals surface area contributed by atoms with Gasteiger partial charge >= 0.3 is 0 Å². The van der Waals surface area contributed by atoms with Crippen LogP contribution in [0.3, 0.4) is 0 Å². The van der Waals surface area contributed by atoms with Gasteiger partial charge in [-0.15, -0.1) is 12.4 Å². The van der Waals surface area contributed by atoms with E-state index in [4.69, 9.17) is 5.26 Å². The minimum absolute atomic E-state index is 0. The van der Waals surface area contributed by atoms with E-state index in [1.165, 1.54) is 0 Å². The molecule has 100 valence electrons. The third-order valence-electron chi connectivity index (χ3n) is 3.00. The molecule has 1 aromatic carbocycles. The molecule has 0 unspecified atom stereocenters. The second kappa shape index (κ2) is 5.90. The van der Waals surface area contributed by atoms with Crippen molar-refractivity contribution in [1.29, 1.82) is 5.26 Å². The monoisotopic (exact) mass is 276 g/mol. The Labute approximate surface area is 119 Å². The van der Waals surface area contributed by atoms with Crippen LogP contribution in [0.2, 0.25) is 0 Å². The Bertz CT molecular complexity index is 556. The third-order valence-corrected chi connectivity index (χ3v) is 3.00. The number of nitriles is 1. The number of hydrogen-bond acceptors (Lipinski definition) is 3. The first-order valence-electron chi connectivity index (χ1n) is 6.00. The van der Waals surface area contributed by atoms with Gasteiger partial charge in [-0.3, -0.25) is 4.79 Å². The van der Waals surface area contributed by atoms with Crippen LogP contribution in [0.1, 0.15) is 32.3 Å². The summed E-state index contributed by atoms with van der Waals surface area (Å²) in [5.41, 5.74) is 2.22. The van der Waals surface area contributed by atoms with Crippen LogP contribution in [0, 0.1) is 16.7 Å². The summed E-state index contributed by atoms with van der Waals surface area (Å²) in [6.07, 6.45) is 3.05. The molecule has 2 rings (SSSR count). The van der Waals surface area contributed by atoms with E-state index in [9.17, 15) is 4.79 Å². The molecular formula is C15H17ClN2O. The lowest BCUT2D eigenvalue weighted by atomic mass is 9.79. The Morgan fingerprint density at radius 2 is 1.95 bits per heavy atom. The van der Waals surface area contributed by atoms with Gasteiger partial charge in [0, 0.05) is 18.2 Å². The molecule has 0 atom stereocenters. The van der Waals surface area contributed by atoms with Gasteiger partial charge in [0.05, 0.1) is 11.3 Å². The van der Waals surface area contributed by atoms with Crippen LogP contribution >= 0.6 is 12.4 Å². The zero-order valence-corrected chi connectivity index (χ0v) is 11.9. The average molecular weight is 277 g/mol. The highest BCUT2D eigenvalue weighted by Crippen LogP contribution is 2.34. The lowest BCUT2D eigenvalue weighted by molar-refractivity contribution is -0.117. The van der Waals surface area contributed by atoms with E-state index in [-0.39, 0.29) is 23.6 Å². The fraction of sp³-hybridized carbons (Fsp3) is 0.333. The van der Waals surface area contributed by atoms with Crippen molar-refractivity contribution in [2.45, 2.75) is 26.7 Å². The smallest absolute Gasteiger partial charge is 0.157 e. The standard InChI is InChI=1S/C15H16N2O.ClH/c1-15(2)8-12(7-13(18)9-15)17-14-6-4-3-5-11(14)10-16;/h3-7,17H,8-9H2,1-2H3;1H. The molecule has 0 saturated heterocycles. The molecule has 1 aliphatic rings. The molecule has 0 spiro atoms. The molecule has 19 heavy (non-hydrogen) atoms. The molecule has 0 saturated carbocycles. The number of halogens is 1. The Kier molecular flexibility index (Phi) is 4.74. The highest BCUT2D eigenvalue weighted by atomic mass is 35.5. The van der Waals surface area contributed by atoms with Gasteiger partial charge in [0.2, 0.25) is 0 Å². The van der Waals surface area contributed by atoms with E-state index in [1.54, 1.807) is 12.1 Å². The van der Waals surface area contributed by atoms with E-state index < -0.39 is 0 Å². The lowest BCUT2D eigenvalue weighted by Crippen LogP contribution is -2.24. The molecule has 0 amide bonds. The predicted molar refractivity (Wildman–Crippen MR) is 78.1 cm³/mol. The minimum atomic E-state index is -0.0181. The molecule has 0 aromatic heterocycles. The lowest BCUT2D eigenvalue weighted by Gasteiger charge is -2.29. The van der Waals surface area contributed by atoms with Gasteiger partial charge in [0.15, 0.2) is 5.78 Å². The van der Waals surface area contributed by atoms with Crippen LogP contribution in [0.4, 0.5) is 5.69 Å². The fourth-order valence-corrected chi connectivity index (χ4v) is 2.29. The van der Waals surface area contributed by atoms with Crippen molar-refractivity contribution in [3.63, 3.8) is 0 Å². The third kappa shape index (κ3) is 3.84. The second-order valence-electron chi connectivity index (χ2n) is 5.44. The normalized spacial score (nSPS) is 16.9. The highest BCUT2D eigenvalue weighted by molar-refractivity contribution is 5.92. The van der Waals surface area contributed by atoms with E-state index in [0.717, 1.165) is 17.8 Å². The first kappa shape index (κ1) is 15.3. The molecule has 0 aliphatic heterocycles. The van der Waals surface area contributed by atoms with E-state index in [1.807, 2.05) is 18.2 Å². The van der Waals surface area contributed by atoms with Crippen LogP contribution in [-0.4, -0.2) is 5.78 Å². The summed E-state index contributed by atoms with van der Waals surface area (Å²) >= 11 is 0. The summed E-state index contributed by atoms with van der Waals surface area (Å²) in [4.78, 5) is 11.7. The summed E-state index contributed by atoms with van der Waals surface area (Å²) in [7, 11) is 0. The predicted octanol–water partition coefficient (Wildman–Crippen LogP) is 3.66. The number of carbonyl (C=O) groups excluding carboxylic acids is 1. The van der Waals surface area contributed by atoms with Crippen LogP contribution in [-0.2, 0) is 4.79 Å². The van der Waals surface area contributed by atoms with Gasteiger partial charge < -0.3 is 5.32 Å². The van der Waals surface area contributed by atoms with Crippen LogP contribution in [0.15, 0.2) is 36.0 Å². The molecule has 3 nitrogen and oxygen atoms in total. The van der Waals surface area contributed by atoms with Crippen molar-refractivity contribution in [2.24, 2.45) is 5.41 Å². The quantitative estimate of drug-likeness (QED) is 0.897. The van der Waals surface area contributed by atoms with Crippen molar-refractivity contribution >= 4 is 23.9 Å². The summed E-state index contributed by atoms with van der Waals surface area (Å²) in [6, 6.07) is 9.46. The molecule has 0 heterocycles. The van der Waals surface area contributed by atoms with Gasteiger partial charge in [0.1, 0.15) is 6.07 Å². The maximum Gasteiger partial charge on any atom is 0.157 e. The first-order valence-corrected chi connectivity index (χ1v) is 6.00. The maximum absolute atomic E-state index is 11.7. The second-order valence-corrected chi connectivity index (χ2v) is 5.44. The molecule has 0 radical (unpaired) electrons. The van der Waals surface area contributed by atoms with Gasteiger partial charge in [-0.05, 0) is 24.0 Å². The van der Waals surface area contributed by atoms with Crippen molar-refractivity contribution in [2.75, 3.05) is 5.32 Å². The number of ketones is 1. The number of carbonyl (C=O) groups is 1. The number of nitrogens with zero attached hydrogens (tertiary/aromatic N) is 1. The number of hydrogen-bond donors (Lipinski definition) is 1. The zero-order valence-electron chi connectivity index (χ0n) is 11.1. The Balaban J connectivity index is 0.00000180. The number of rotatable bonds is 2. The highest BCUT2D eigenvalue weighted by Gasteiger charge is 2.27.